The normalized spacial score (nSPS) is 19.1. The van der Waals surface area contributed by atoms with Crippen LogP contribution in [-0.2, 0) is 15.1 Å². The molecule has 0 radical (unpaired) electrons. The Morgan fingerprint density at radius 2 is 1.89 bits per heavy atom. The van der Waals surface area contributed by atoms with Gasteiger partial charge in [0, 0.05) is 10.7 Å². The minimum Gasteiger partial charge on any atom is -0.325 e. The molecule has 1 heterocycles. The highest BCUT2D eigenvalue weighted by molar-refractivity contribution is 6.30. The molecule has 1 aliphatic heterocycles. The molecule has 140 valence electrons. The van der Waals surface area contributed by atoms with E-state index in [1.807, 2.05) is 32.0 Å². The summed E-state index contributed by atoms with van der Waals surface area (Å²) in [6.07, 6.45) is 0.356. The zero-order valence-corrected chi connectivity index (χ0v) is 15.8. The van der Waals surface area contributed by atoms with Crippen LogP contribution in [0.5, 0.6) is 0 Å². The summed E-state index contributed by atoms with van der Waals surface area (Å²) in [4.78, 5) is 38.8. The largest absolute Gasteiger partial charge is 0.325 e. The third-order valence-electron chi connectivity index (χ3n) is 4.65. The first-order valence-electron chi connectivity index (χ1n) is 8.62. The molecular formula is C20H20ClN3O3. The summed E-state index contributed by atoms with van der Waals surface area (Å²) in [5.74, 6) is -0.885. The van der Waals surface area contributed by atoms with E-state index in [4.69, 9.17) is 11.6 Å². The SMILES string of the molecule is CC[C@@]1(c2ccc(Cl)cc2)NC(=O)N(CC(=O)Nc2cccc(C)c2)C1=O. The van der Waals surface area contributed by atoms with Crippen molar-refractivity contribution in [3.8, 4) is 0 Å². The molecule has 0 aliphatic carbocycles. The lowest BCUT2D eigenvalue weighted by atomic mass is 9.87. The highest BCUT2D eigenvalue weighted by atomic mass is 35.5. The average Bonchev–Trinajstić information content (AvgIpc) is 2.87. The summed E-state index contributed by atoms with van der Waals surface area (Å²) >= 11 is 5.92. The minimum atomic E-state index is -1.19. The first-order chi connectivity index (χ1) is 12.9. The fraction of sp³-hybridized carbons (Fsp3) is 0.250. The number of nitrogens with zero attached hydrogens (tertiary/aromatic N) is 1. The van der Waals surface area contributed by atoms with Gasteiger partial charge in [0.1, 0.15) is 12.1 Å². The predicted molar refractivity (Wildman–Crippen MR) is 103 cm³/mol. The molecule has 0 saturated carbocycles. The lowest BCUT2D eigenvalue weighted by Crippen LogP contribution is -2.44. The van der Waals surface area contributed by atoms with Gasteiger partial charge in [0.15, 0.2) is 0 Å². The van der Waals surface area contributed by atoms with Crippen molar-refractivity contribution in [2.24, 2.45) is 0 Å². The van der Waals surface area contributed by atoms with Crippen LogP contribution in [0.4, 0.5) is 10.5 Å². The van der Waals surface area contributed by atoms with Crippen LogP contribution >= 0.6 is 11.6 Å². The predicted octanol–water partition coefficient (Wildman–Crippen LogP) is 3.44. The number of imide groups is 1. The van der Waals surface area contributed by atoms with Gasteiger partial charge >= 0.3 is 6.03 Å². The zero-order valence-electron chi connectivity index (χ0n) is 15.1. The Bertz CT molecular complexity index is 898. The van der Waals surface area contributed by atoms with Gasteiger partial charge in [-0.25, -0.2) is 4.79 Å². The number of amides is 4. The van der Waals surface area contributed by atoms with Crippen molar-refractivity contribution in [1.82, 2.24) is 10.2 Å². The molecule has 0 bridgehead atoms. The first kappa shape index (κ1) is 18.9. The van der Waals surface area contributed by atoms with Gasteiger partial charge in [-0.2, -0.15) is 0 Å². The number of hydrogen-bond donors (Lipinski definition) is 2. The number of carbonyl (C=O) groups is 3. The molecule has 2 aromatic rings. The number of urea groups is 1. The van der Waals surface area contributed by atoms with Crippen molar-refractivity contribution < 1.29 is 14.4 Å². The zero-order chi connectivity index (χ0) is 19.6. The number of nitrogens with one attached hydrogen (secondary N) is 2. The van der Waals surface area contributed by atoms with Crippen molar-refractivity contribution in [3.63, 3.8) is 0 Å². The summed E-state index contributed by atoms with van der Waals surface area (Å²) in [7, 11) is 0. The molecule has 1 saturated heterocycles. The smallest absolute Gasteiger partial charge is 0.325 e. The van der Waals surface area contributed by atoms with Crippen LogP contribution < -0.4 is 10.6 Å². The van der Waals surface area contributed by atoms with Crippen molar-refractivity contribution in [2.45, 2.75) is 25.8 Å². The van der Waals surface area contributed by atoms with Gasteiger partial charge in [0.25, 0.3) is 5.91 Å². The van der Waals surface area contributed by atoms with E-state index in [0.717, 1.165) is 10.5 Å². The molecule has 7 heteroatoms. The minimum absolute atomic E-state index is 0.353. The molecule has 2 aromatic carbocycles. The molecule has 0 aromatic heterocycles. The van der Waals surface area contributed by atoms with E-state index in [1.54, 1.807) is 30.3 Å². The van der Waals surface area contributed by atoms with E-state index < -0.39 is 23.4 Å². The van der Waals surface area contributed by atoms with Crippen LogP contribution in [0.1, 0.15) is 24.5 Å². The number of hydrogen-bond acceptors (Lipinski definition) is 3. The van der Waals surface area contributed by atoms with Crippen LogP contribution in [0.15, 0.2) is 48.5 Å². The molecule has 1 fully saturated rings. The highest BCUT2D eigenvalue weighted by Gasteiger charge is 2.51. The second-order valence-electron chi connectivity index (χ2n) is 6.50. The molecule has 1 atom stereocenters. The first-order valence-corrected chi connectivity index (χ1v) is 9.00. The van der Waals surface area contributed by atoms with Crippen LogP contribution in [0.2, 0.25) is 5.02 Å². The monoisotopic (exact) mass is 385 g/mol. The van der Waals surface area contributed by atoms with Gasteiger partial charge in [-0.1, -0.05) is 42.8 Å². The van der Waals surface area contributed by atoms with Crippen molar-refractivity contribution in [2.75, 3.05) is 11.9 Å². The number of anilines is 1. The molecule has 4 amide bonds. The van der Waals surface area contributed by atoms with E-state index in [0.29, 0.717) is 22.7 Å². The third kappa shape index (κ3) is 3.66. The Labute approximate surface area is 162 Å². The summed E-state index contributed by atoms with van der Waals surface area (Å²) < 4.78 is 0. The molecular weight excluding hydrogens is 366 g/mol. The van der Waals surface area contributed by atoms with E-state index in [9.17, 15) is 14.4 Å². The second kappa shape index (κ2) is 7.40. The van der Waals surface area contributed by atoms with E-state index in [-0.39, 0.29) is 6.54 Å². The summed E-state index contributed by atoms with van der Waals surface area (Å²) in [6, 6.07) is 13.5. The lowest BCUT2D eigenvalue weighted by molar-refractivity contribution is -0.134. The molecule has 1 aliphatic rings. The standard InChI is InChI=1S/C20H20ClN3O3/c1-3-20(14-7-9-15(21)10-8-14)18(26)24(19(27)23-20)12-17(25)22-16-6-4-5-13(2)11-16/h4-11H,3,12H2,1-2H3,(H,22,25)(H,23,27)/t20-/m0/s1. The van der Waals surface area contributed by atoms with Gasteiger partial charge < -0.3 is 10.6 Å². The maximum Gasteiger partial charge on any atom is 0.325 e. The van der Waals surface area contributed by atoms with Crippen LogP contribution in [0.3, 0.4) is 0 Å². The fourth-order valence-corrected chi connectivity index (χ4v) is 3.34. The molecule has 27 heavy (non-hydrogen) atoms. The number of aryl methyl sites for hydroxylation is 1. The van der Waals surface area contributed by atoms with Crippen molar-refractivity contribution >= 4 is 35.1 Å². The Morgan fingerprint density at radius 3 is 2.52 bits per heavy atom. The Morgan fingerprint density at radius 1 is 1.19 bits per heavy atom. The summed E-state index contributed by atoms with van der Waals surface area (Å²) in [5.41, 5.74) is 1.06. The molecule has 3 rings (SSSR count). The lowest BCUT2D eigenvalue weighted by Gasteiger charge is -2.25. The number of rotatable bonds is 5. The van der Waals surface area contributed by atoms with E-state index in [1.165, 1.54) is 0 Å². The van der Waals surface area contributed by atoms with Gasteiger partial charge in [0.2, 0.25) is 5.91 Å². The number of carbonyl (C=O) groups excluding carboxylic acids is 3. The Hall–Kier alpha value is -2.86. The van der Waals surface area contributed by atoms with Gasteiger partial charge in [0.05, 0.1) is 0 Å². The van der Waals surface area contributed by atoms with Gasteiger partial charge in [-0.15, -0.1) is 0 Å². The number of benzene rings is 2. The maximum atomic E-state index is 13.0. The topological polar surface area (TPSA) is 78.5 Å². The van der Waals surface area contributed by atoms with Crippen molar-refractivity contribution in [1.29, 1.82) is 0 Å². The molecule has 0 unspecified atom stereocenters. The Kier molecular flexibility index (Phi) is 5.19. The van der Waals surface area contributed by atoms with Gasteiger partial charge in [-0.05, 0) is 48.7 Å². The van der Waals surface area contributed by atoms with E-state index in [2.05, 4.69) is 10.6 Å². The Balaban J connectivity index is 1.78. The summed E-state index contributed by atoms with van der Waals surface area (Å²) in [6.45, 7) is 3.37. The number of halogens is 1. The molecule has 2 N–H and O–H groups in total. The summed E-state index contributed by atoms with van der Waals surface area (Å²) in [5, 5.41) is 6.00. The average molecular weight is 386 g/mol. The highest BCUT2D eigenvalue weighted by Crippen LogP contribution is 2.33. The van der Waals surface area contributed by atoms with Crippen LogP contribution in [-0.4, -0.2) is 29.3 Å². The second-order valence-corrected chi connectivity index (χ2v) is 6.94. The maximum absolute atomic E-state index is 13.0. The molecule has 6 nitrogen and oxygen atoms in total. The van der Waals surface area contributed by atoms with E-state index >= 15 is 0 Å². The quantitative estimate of drug-likeness (QED) is 0.774. The molecule has 0 spiro atoms. The van der Waals surface area contributed by atoms with Crippen LogP contribution in [0.25, 0.3) is 0 Å². The van der Waals surface area contributed by atoms with Crippen molar-refractivity contribution in [3.05, 3.63) is 64.7 Å². The third-order valence-corrected chi connectivity index (χ3v) is 4.90. The van der Waals surface area contributed by atoms with Gasteiger partial charge in [-0.3, -0.25) is 14.5 Å². The van der Waals surface area contributed by atoms with Crippen LogP contribution in [0, 0.1) is 6.92 Å². The fourth-order valence-electron chi connectivity index (χ4n) is 3.21.